The number of furan rings is 1. The molecule has 0 fully saturated rings. The van der Waals surface area contributed by atoms with Gasteiger partial charge in [0.1, 0.15) is 5.42 Å². The monoisotopic (exact) mass is 162 g/mol. The van der Waals surface area contributed by atoms with Gasteiger partial charge in [-0.2, -0.15) is 0 Å². The maximum Gasteiger partial charge on any atom is 0.129 e. The molecule has 1 rings (SSSR count). The van der Waals surface area contributed by atoms with E-state index in [1.54, 1.807) is 6.26 Å². The maximum absolute atomic E-state index is 5.28. The van der Waals surface area contributed by atoms with Gasteiger partial charge in [-0.25, -0.2) is 0 Å². The Bertz CT molecular complexity index is 355. The highest BCUT2D eigenvalue weighted by Gasteiger charge is 1.84. The van der Waals surface area contributed by atoms with Crippen LogP contribution in [0.1, 0.15) is 20.3 Å². The van der Waals surface area contributed by atoms with E-state index in [4.69, 9.17) is 4.42 Å². The van der Waals surface area contributed by atoms with Gasteiger partial charge in [-0.15, -0.1) is 0 Å². The van der Waals surface area contributed by atoms with E-state index in [0.29, 0.717) is 0 Å². The van der Waals surface area contributed by atoms with Crippen LogP contribution in [0.5, 0.6) is 0 Å². The Balaban J connectivity index is 3.16. The summed E-state index contributed by atoms with van der Waals surface area (Å²) in [6.45, 7) is 4.10. The topological polar surface area (TPSA) is 13.1 Å². The van der Waals surface area contributed by atoms with Gasteiger partial charge in [-0.1, -0.05) is 25.2 Å². The van der Waals surface area contributed by atoms with Gasteiger partial charge >= 0.3 is 0 Å². The van der Waals surface area contributed by atoms with Crippen molar-refractivity contribution >= 4 is 12.2 Å². The summed E-state index contributed by atoms with van der Waals surface area (Å²) in [5, 5.41) is 1.15. The summed E-state index contributed by atoms with van der Waals surface area (Å²) in [5.41, 5.74) is 0.968. The van der Waals surface area contributed by atoms with Crippen molar-refractivity contribution in [2.45, 2.75) is 20.3 Å². The summed E-state index contributed by atoms with van der Waals surface area (Å²) < 4.78 is 5.28. The number of allylic oxidation sites excluding steroid dienone is 2. The van der Waals surface area contributed by atoms with Crippen molar-refractivity contribution in [2.24, 2.45) is 0 Å². The summed E-state index contributed by atoms with van der Waals surface area (Å²) in [6, 6.07) is 1.97. The van der Waals surface area contributed by atoms with Crippen molar-refractivity contribution in [1.82, 2.24) is 0 Å². The molecule has 0 aliphatic rings. The van der Waals surface area contributed by atoms with Crippen molar-refractivity contribution in [3.63, 3.8) is 0 Å². The summed E-state index contributed by atoms with van der Waals surface area (Å²) in [6.07, 6.45) is 10.9. The van der Waals surface area contributed by atoms with Crippen molar-refractivity contribution < 1.29 is 4.42 Å². The van der Waals surface area contributed by atoms with Gasteiger partial charge in [0.2, 0.25) is 0 Å². The molecular formula is C11H14O. The van der Waals surface area contributed by atoms with Crippen molar-refractivity contribution in [2.75, 3.05) is 0 Å². The Hall–Kier alpha value is -1.24. The van der Waals surface area contributed by atoms with E-state index in [0.717, 1.165) is 17.1 Å². The maximum atomic E-state index is 5.28. The molecule has 1 nitrogen and oxygen atoms in total. The highest BCUT2D eigenvalue weighted by atomic mass is 16.3. The molecule has 1 aromatic rings. The first-order valence-electron chi connectivity index (χ1n) is 4.25. The molecule has 1 aromatic heterocycles. The van der Waals surface area contributed by atoms with Gasteiger partial charge in [-0.05, 0) is 25.5 Å². The minimum Gasteiger partial charge on any atom is -0.465 e. The van der Waals surface area contributed by atoms with E-state index in [2.05, 4.69) is 13.0 Å². The van der Waals surface area contributed by atoms with Crippen LogP contribution in [0.15, 0.2) is 28.9 Å². The fourth-order valence-corrected chi connectivity index (χ4v) is 1.02. The lowest BCUT2D eigenvalue weighted by Crippen LogP contribution is -2.18. The molecule has 1 heteroatoms. The molecule has 0 amide bonds. The van der Waals surface area contributed by atoms with E-state index in [1.165, 1.54) is 0 Å². The Labute approximate surface area is 72.7 Å². The second-order valence-corrected chi connectivity index (χ2v) is 2.55. The van der Waals surface area contributed by atoms with E-state index in [9.17, 15) is 0 Å². The Morgan fingerprint density at radius 2 is 2.33 bits per heavy atom. The first-order chi connectivity index (χ1) is 5.88. The molecule has 0 N–H and O–H groups in total. The van der Waals surface area contributed by atoms with Crippen molar-refractivity contribution in [1.29, 1.82) is 0 Å². The standard InChI is InChI=1S/C11H14O/c1-3-5-7-10-8-9-12-11(10)6-4-2/h3,5-9H,4H2,1-2H3/b5-3-,10-7-,11-6+. The lowest BCUT2D eigenvalue weighted by molar-refractivity contribution is 0.529. The minimum absolute atomic E-state index is 0.968. The van der Waals surface area contributed by atoms with Gasteiger partial charge < -0.3 is 4.42 Å². The summed E-state index contributed by atoms with van der Waals surface area (Å²) in [7, 11) is 0. The number of hydrogen-bond acceptors (Lipinski definition) is 1. The number of hydrogen-bond donors (Lipinski definition) is 0. The van der Waals surface area contributed by atoms with Crippen LogP contribution in [0.2, 0.25) is 0 Å². The van der Waals surface area contributed by atoms with Crippen LogP contribution in [0.4, 0.5) is 0 Å². The lowest BCUT2D eigenvalue weighted by Gasteiger charge is -1.77. The van der Waals surface area contributed by atoms with E-state index >= 15 is 0 Å². The van der Waals surface area contributed by atoms with Crippen molar-refractivity contribution in [3.8, 4) is 0 Å². The predicted molar refractivity (Wildman–Crippen MR) is 52.0 cm³/mol. The zero-order valence-electron chi connectivity index (χ0n) is 7.58. The number of rotatable bonds is 2. The zero-order chi connectivity index (χ0) is 8.81. The summed E-state index contributed by atoms with van der Waals surface area (Å²) in [4.78, 5) is 0. The van der Waals surface area contributed by atoms with Crippen LogP contribution in [0.25, 0.3) is 12.2 Å². The molecule has 0 saturated heterocycles. The molecule has 64 valence electrons. The third kappa shape index (κ3) is 2.12. The molecule has 0 saturated carbocycles. The van der Waals surface area contributed by atoms with E-state index in [1.807, 2.05) is 31.2 Å². The summed E-state index contributed by atoms with van der Waals surface area (Å²) >= 11 is 0. The lowest BCUT2D eigenvalue weighted by atomic mass is 10.3. The molecule has 0 aliphatic heterocycles. The smallest absolute Gasteiger partial charge is 0.129 e. The fourth-order valence-electron chi connectivity index (χ4n) is 1.02. The SMILES string of the molecule is C\C=C/C=c1/cco/c1=C/CC. The average molecular weight is 162 g/mol. The molecule has 0 atom stereocenters. The fraction of sp³-hybridized carbons (Fsp3) is 0.273. The van der Waals surface area contributed by atoms with Gasteiger partial charge in [-0.3, -0.25) is 0 Å². The van der Waals surface area contributed by atoms with Crippen LogP contribution < -0.4 is 10.6 Å². The third-order valence-electron chi connectivity index (χ3n) is 1.58. The van der Waals surface area contributed by atoms with E-state index in [-0.39, 0.29) is 0 Å². The van der Waals surface area contributed by atoms with Gasteiger partial charge in [0.25, 0.3) is 0 Å². The van der Waals surface area contributed by atoms with Crippen LogP contribution in [0, 0.1) is 0 Å². The first-order valence-corrected chi connectivity index (χ1v) is 4.25. The van der Waals surface area contributed by atoms with Crippen molar-refractivity contribution in [3.05, 3.63) is 35.1 Å². The predicted octanol–water partition coefficient (Wildman–Crippen LogP) is 1.83. The van der Waals surface area contributed by atoms with Crippen LogP contribution in [-0.2, 0) is 0 Å². The molecule has 0 unspecified atom stereocenters. The third-order valence-corrected chi connectivity index (χ3v) is 1.58. The first kappa shape index (κ1) is 8.85. The van der Waals surface area contributed by atoms with Gasteiger partial charge in [0, 0.05) is 5.22 Å². The molecule has 0 radical (unpaired) electrons. The highest BCUT2D eigenvalue weighted by Crippen LogP contribution is 1.77. The second kappa shape index (κ2) is 4.60. The molecule has 0 aromatic carbocycles. The van der Waals surface area contributed by atoms with Gasteiger partial charge in [0.05, 0.1) is 6.26 Å². The normalized spacial score (nSPS) is 14.8. The quantitative estimate of drug-likeness (QED) is 0.646. The zero-order valence-corrected chi connectivity index (χ0v) is 7.58. The molecule has 12 heavy (non-hydrogen) atoms. The molecule has 0 spiro atoms. The highest BCUT2D eigenvalue weighted by molar-refractivity contribution is 5.37. The molecule has 0 aliphatic carbocycles. The Kier molecular flexibility index (Phi) is 3.39. The molecule has 0 bridgehead atoms. The van der Waals surface area contributed by atoms with Crippen LogP contribution >= 0.6 is 0 Å². The minimum atomic E-state index is 0.968. The Morgan fingerprint density at radius 1 is 1.50 bits per heavy atom. The van der Waals surface area contributed by atoms with E-state index < -0.39 is 0 Å². The second-order valence-electron chi connectivity index (χ2n) is 2.55. The molecule has 1 heterocycles. The summed E-state index contributed by atoms with van der Waals surface area (Å²) in [5.74, 6) is 0. The largest absolute Gasteiger partial charge is 0.465 e. The molecular weight excluding hydrogens is 148 g/mol. The van der Waals surface area contributed by atoms with Crippen LogP contribution in [0.3, 0.4) is 0 Å². The van der Waals surface area contributed by atoms with Crippen LogP contribution in [-0.4, -0.2) is 0 Å². The average Bonchev–Trinajstić information content (AvgIpc) is 2.50. The van der Waals surface area contributed by atoms with Gasteiger partial charge in [0.15, 0.2) is 0 Å². The Morgan fingerprint density at radius 3 is 3.00 bits per heavy atom.